The second-order valence-electron chi connectivity index (χ2n) is 3.94. The van der Waals surface area contributed by atoms with Gasteiger partial charge in [-0.25, -0.2) is 0 Å². The minimum atomic E-state index is 0.294. The molecule has 0 amide bonds. The summed E-state index contributed by atoms with van der Waals surface area (Å²) in [4.78, 5) is 2.44. The SMILES string of the molecule is CCCCCN(CCO)C(CC)CC. The molecule has 0 saturated heterocycles. The molecule has 1 N–H and O–H groups in total. The van der Waals surface area contributed by atoms with Crippen LogP contribution in [0.25, 0.3) is 0 Å². The van der Waals surface area contributed by atoms with Crippen LogP contribution in [0.5, 0.6) is 0 Å². The van der Waals surface area contributed by atoms with Gasteiger partial charge in [0.15, 0.2) is 0 Å². The maximum Gasteiger partial charge on any atom is 0.0558 e. The highest BCUT2D eigenvalue weighted by molar-refractivity contribution is 4.68. The molecule has 0 aliphatic rings. The summed E-state index contributed by atoms with van der Waals surface area (Å²) in [6.07, 6.45) is 6.25. The van der Waals surface area contributed by atoms with Gasteiger partial charge >= 0.3 is 0 Å². The Kier molecular flexibility index (Phi) is 9.42. The zero-order valence-electron chi connectivity index (χ0n) is 10.1. The predicted molar refractivity (Wildman–Crippen MR) is 62.6 cm³/mol. The highest BCUT2D eigenvalue weighted by Gasteiger charge is 2.13. The molecule has 0 heterocycles. The largest absolute Gasteiger partial charge is 0.395 e. The van der Waals surface area contributed by atoms with Crippen LogP contribution in [-0.2, 0) is 0 Å². The Morgan fingerprint density at radius 1 is 1.00 bits per heavy atom. The van der Waals surface area contributed by atoms with Crippen LogP contribution in [0.2, 0.25) is 0 Å². The first-order valence-corrected chi connectivity index (χ1v) is 6.14. The fourth-order valence-electron chi connectivity index (χ4n) is 1.98. The molecule has 0 radical (unpaired) electrons. The van der Waals surface area contributed by atoms with Crippen LogP contribution in [0.4, 0.5) is 0 Å². The fourth-order valence-corrected chi connectivity index (χ4v) is 1.98. The number of nitrogens with zero attached hydrogens (tertiary/aromatic N) is 1. The van der Waals surface area contributed by atoms with Crippen LogP contribution in [-0.4, -0.2) is 35.7 Å². The van der Waals surface area contributed by atoms with Crippen molar-refractivity contribution in [2.75, 3.05) is 19.7 Å². The molecule has 0 aromatic rings. The average Bonchev–Trinajstić information content (AvgIpc) is 2.20. The van der Waals surface area contributed by atoms with E-state index in [9.17, 15) is 0 Å². The molecule has 0 aromatic heterocycles. The van der Waals surface area contributed by atoms with Gasteiger partial charge in [0.25, 0.3) is 0 Å². The summed E-state index contributed by atoms with van der Waals surface area (Å²) in [7, 11) is 0. The van der Waals surface area contributed by atoms with Crippen molar-refractivity contribution < 1.29 is 5.11 Å². The summed E-state index contributed by atoms with van der Waals surface area (Å²) in [6, 6.07) is 0.666. The molecule has 2 heteroatoms. The van der Waals surface area contributed by atoms with E-state index < -0.39 is 0 Å². The normalized spacial score (nSPS) is 11.6. The van der Waals surface area contributed by atoms with Crippen molar-refractivity contribution in [2.45, 2.75) is 58.9 Å². The fraction of sp³-hybridized carbons (Fsp3) is 1.00. The van der Waals surface area contributed by atoms with Crippen LogP contribution >= 0.6 is 0 Å². The number of hydrogen-bond donors (Lipinski definition) is 1. The van der Waals surface area contributed by atoms with Crippen molar-refractivity contribution in [3.63, 3.8) is 0 Å². The molecule has 0 aliphatic carbocycles. The Balaban J connectivity index is 3.85. The highest BCUT2D eigenvalue weighted by Crippen LogP contribution is 2.09. The summed E-state index contributed by atoms with van der Waals surface area (Å²) in [5.41, 5.74) is 0. The van der Waals surface area contributed by atoms with Gasteiger partial charge in [0, 0.05) is 12.6 Å². The van der Waals surface area contributed by atoms with Gasteiger partial charge < -0.3 is 5.11 Å². The summed E-state index contributed by atoms with van der Waals surface area (Å²) in [5, 5.41) is 8.99. The van der Waals surface area contributed by atoms with Crippen LogP contribution in [0, 0.1) is 0 Å². The average molecular weight is 201 g/mol. The molecular weight excluding hydrogens is 174 g/mol. The third-order valence-electron chi connectivity index (χ3n) is 2.89. The predicted octanol–water partition coefficient (Wildman–Crippen LogP) is 2.66. The smallest absolute Gasteiger partial charge is 0.0558 e. The van der Waals surface area contributed by atoms with Crippen LogP contribution < -0.4 is 0 Å². The van der Waals surface area contributed by atoms with Crippen molar-refractivity contribution in [3.8, 4) is 0 Å². The lowest BCUT2D eigenvalue weighted by atomic mass is 10.1. The van der Waals surface area contributed by atoms with Gasteiger partial charge in [-0.05, 0) is 25.8 Å². The summed E-state index contributed by atoms with van der Waals surface area (Å²) in [6.45, 7) is 8.99. The molecule has 0 spiro atoms. The van der Waals surface area contributed by atoms with Crippen molar-refractivity contribution in [3.05, 3.63) is 0 Å². The van der Waals surface area contributed by atoms with Gasteiger partial charge in [-0.3, -0.25) is 4.90 Å². The molecule has 0 bridgehead atoms. The molecule has 0 rings (SSSR count). The van der Waals surface area contributed by atoms with E-state index in [2.05, 4.69) is 25.7 Å². The Bertz CT molecular complexity index is 113. The molecule has 14 heavy (non-hydrogen) atoms. The molecule has 0 fully saturated rings. The quantitative estimate of drug-likeness (QED) is 0.580. The van der Waals surface area contributed by atoms with Gasteiger partial charge in [-0.1, -0.05) is 33.6 Å². The summed E-state index contributed by atoms with van der Waals surface area (Å²) < 4.78 is 0. The Morgan fingerprint density at radius 3 is 2.07 bits per heavy atom. The lowest BCUT2D eigenvalue weighted by Crippen LogP contribution is -2.37. The van der Waals surface area contributed by atoms with E-state index in [-0.39, 0.29) is 0 Å². The van der Waals surface area contributed by atoms with Crippen molar-refractivity contribution >= 4 is 0 Å². The number of aliphatic hydroxyl groups is 1. The Morgan fingerprint density at radius 2 is 1.64 bits per heavy atom. The molecule has 86 valence electrons. The van der Waals surface area contributed by atoms with Crippen molar-refractivity contribution in [2.24, 2.45) is 0 Å². The molecule has 0 saturated carbocycles. The minimum absolute atomic E-state index is 0.294. The number of aliphatic hydroxyl groups excluding tert-OH is 1. The van der Waals surface area contributed by atoms with Gasteiger partial charge in [0.1, 0.15) is 0 Å². The molecule has 0 aliphatic heterocycles. The van der Waals surface area contributed by atoms with E-state index in [0.717, 1.165) is 13.1 Å². The van der Waals surface area contributed by atoms with Gasteiger partial charge in [0.2, 0.25) is 0 Å². The maximum absolute atomic E-state index is 8.99. The lowest BCUT2D eigenvalue weighted by molar-refractivity contribution is 0.141. The third kappa shape index (κ3) is 5.61. The summed E-state index contributed by atoms with van der Waals surface area (Å²) >= 11 is 0. The number of hydrogen-bond acceptors (Lipinski definition) is 2. The second-order valence-corrected chi connectivity index (χ2v) is 3.94. The topological polar surface area (TPSA) is 23.5 Å². The van der Waals surface area contributed by atoms with Crippen LogP contribution in [0.3, 0.4) is 0 Å². The number of rotatable bonds is 9. The maximum atomic E-state index is 8.99. The van der Waals surface area contributed by atoms with E-state index in [1.165, 1.54) is 32.1 Å². The zero-order valence-corrected chi connectivity index (χ0v) is 10.1. The first-order valence-electron chi connectivity index (χ1n) is 6.14. The van der Waals surface area contributed by atoms with E-state index in [1.807, 2.05) is 0 Å². The highest BCUT2D eigenvalue weighted by atomic mass is 16.3. The molecule has 2 nitrogen and oxygen atoms in total. The molecular formula is C12H27NO. The zero-order chi connectivity index (χ0) is 10.8. The monoisotopic (exact) mass is 201 g/mol. The van der Waals surface area contributed by atoms with Gasteiger partial charge in [-0.2, -0.15) is 0 Å². The minimum Gasteiger partial charge on any atom is -0.395 e. The first kappa shape index (κ1) is 13.9. The standard InChI is InChI=1S/C12H27NO/c1-4-7-8-9-13(10-11-14)12(5-2)6-3/h12,14H,4-11H2,1-3H3. The van der Waals surface area contributed by atoms with Crippen LogP contribution in [0.15, 0.2) is 0 Å². The second kappa shape index (κ2) is 9.47. The van der Waals surface area contributed by atoms with E-state index in [4.69, 9.17) is 5.11 Å². The van der Waals surface area contributed by atoms with Crippen molar-refractivity contribution in [1.82, 2.24) is 4.90 Å². The van der Waals surface area contributed by atoms with E-state index in [1.54, 1.807) is 0 Å². The van der Waals surface area contributed by atoms with Crippen LogP contribution in [0.1, 0.15) is 52.9 Å². The van der Waals surface area contributed by atoms with E-state index >= 15 is 0 Å². The van der Waals surface area contributed by atoms with Crippen molar-refractivity contribution in [1.29, 1.82) is 0 Å². The molecule has 0 unspecified atom stereocenters. The Hall–Kier alpha value is -0.0800. The first-order chi connectivity index (χ1) is 6.79. The molecule has 0 atom stereocenters. The van der Waals surface area contributed by atoms with Gasteiger partial charge in [-0.15, -0.1) is 0 Å². The summed E-state index contributed by atoms with van der Waals surface area (Å²) in [5.74, 6) is 0. The molecule has 0 aromatic carbocycles. The lowest BCUT2D eigenvalue weighted by Gasteiger charge is -2.29. The third-order valence-corrected chi connectivity index (χ3v) is 2.89. The van der Waals surface area contributed by atoms with E-state index in [0.29, 0.717) is 12.6 Å². The van der Waals surface area contributed by atoms with Gasteiger partial charge in [0.05, 0.1) is 6.61 Å². The number of unbranched alkanes of at least 4 members (excludes halogenated alkanes) is 2. The Labute approximate surface area is 89.3 Å².